The molecule has 0 amide bonds. The highest BCUT2D eigenvalue weighted by molar-refractivity contribution is 7.97. The zero-order valence-corrected chi connectivity index (χ0v) is 17.0. The first-order valence-electron chi connectivity index (χ1n) is 8.20. The van der Waals surface area contributed by atoms with E-state index < -0.39 is 47.2 Å². The molecule has 0 saturated heterocycles. The highest BCUT2D eigenvalue weighted by Gasteiger charge is 2.33. The van der Waals surface area contributed by atoms with Crippen LogP contribution in [0.3, 0.4) is 0 Å². The Bertz CT molecular complexity index is 1190. The smallest absolute Gasteiger partial charge is 0.237 e. The standard InChI is InChI=1S/C17H18N2O6S3/c20-26(21)10-8-16(13-26)28(24,25)19-12-17(14-5-4-9-18-11-14)27(22,23)15-6-2-1-3-7-15/h1-9,11,17,19H,10,12-13H2. The van der Waals surface area contributed by atoms with Crippen molar-refractivity contribution in [2.24, 2.45) is 0 Å². The van der Waals surface area contributed by atoms with Crippen LogP contribution >= 0.6 is 0 Å². The van der Waals surface area contributed by atoms with E-state index in [0.29, 0.717) is 5.56 Å². The van der Waals surface area contributed by atoms with E-state index in [0.717, 1.165) is 6.08 Å². The van der Waals surface area contributed by atoms with E-state index in [4.69, 9.17) is 0 Å². The molecule has 1 aromatic carbocycles. The minimum atomic E-state index is -4.13. The molecule has 1 aliphatic heterocycles. The van der Waals surface area contributed by atoms with E-state index in [1.54, 1.807) is 30.3 Å². The lowest BCUT2D eigenvalue weighted by molar-refractivity contribution is 0.570. The Hall–Kier alpha value is -2.08. The SMILES string of the molecule is O=S1(=O)CC=C(S(=O)(=O)NCC(c2cccnc2)S(=O)(=O)c2ccccc2)C1. The quantitative estimate of drug-likeness (QED) is 0.673. The number of rotatable bonds is 7. The van der Waals surface area contributed by atoms with E-state index in [1.807, 2.05) is 0 Å². The van der Waals surface area contributed by atoms with Crippen LogP contribution in [-0.2, 0) is 29.7 Å². The molecule has 8 nitrogen and oxygen atoms in total. The third kappa shape index (κ3) is 4.49. The van der Waals surface area contributed by atoms with E-state index in [2.05, 4.69) is 9.71 Å². The normalized spacial score (nSPS) is 17.8. The van der Waals surface area contributed by atoms with Gasteiger partial charge in [0.1, 0.15) is 5.25 Å². The molecule has 1 N–H and O–H groups in total. The largest absolute Gasteiger partial charge is 0.264 e. The van der Waals surface area contributed by atoms with Gasteiger partial charge in [0.25, 0.3) is 0 Å². The molecule has 0 saturated carbocycles. The van der Waals surface area contributed by atoms with Gasteiger partial charge in [0.05, 0.1) is 21.3 Å². The van der Waals surface area contributed by atoms with Gasteiger partial charge >= 0.3 is 0 Å². The number of nitrogens with zero attached hydrogens (tertiary/aromatic N) is 1. The van der Waals surface area contributed by atoms with Crippen molar-refractivity contribution in [3.8, 4) is 0 Å². The maximum Gasteiger partial charge on any atom is 0.237 e. The average molecular weight is 443 g/mol. The van der Waals surface area contributed by atoms with Gasteiger partial charge in [-0.05, 0) is 23.8 Å². The number of hydrogen-bond donors (Lipinski definition) is 1. The number of sulfonamides is 1. The summed E-state index contributed by atoms with van der Waals surface area (Å²) in [5, 5.41) is -1.23. The maximum atomic E-state index is 13.1. The van der Waals surface area contributed by atoms with Crippen LogP contribution in [-0.4, -0.2) is 48.3 Å². The Labute approximate surface area is 164 Å². The van der Waals surface area contributed by atoms with Crippen LogP contribution < -0.4 is 4.72 Å². The second-order valence-electron chi connectivity index (χ2n) is 6.21. The predicted octanol–water partition coefficient (Wildman–Crippen LogP) is 0.828. The van der Waals surface area contributed by atoms with Crippen LogP contribution in [0.2, 0.25) is 0 Å². The van der Waals surface area contributed by atoms with Gasteiger partial charge in [0, 0.05) is 18.9 Å². The molecule has 1 atom stereocenters. The molecular weight excluding hydrogens is 424 g/mol. The average Bonchev–Trinajstić information content (AvgIpc) is 3.04. The second-order valence-corrected chi connectivity index (χ2v) is 12.3. The number of pyridine rings is 1. The number of benzene rings is 1. The number of aromatic nitrogens is 1. The molecule has 0 bridgehead atoms. The van der Waals surface area contributed by atoms with Crippen molar-refractivity contribution >= 4 is 29.7 Å². The monoisotopic (exact) mass is 442 g/mol. The second kappa shape index (κ2) is 7.74. The van der Waals surface area contributed by atoms with Crippen LogP contribution in [0.4, 0.5) is 0 Å². The molecule has 28 heavy (non-hydrogen) atoms. The van der Waals surface area contributed by atoms with Gasteiger partial charge in [-0.25, -0.2) is 30.0 Å². The third-order valence-corrected chi connectivity index (χ3v) is 9.51. The number of nitrogens with one attached hydrogen (secondary N) is 1. The molecule has 3 rings (SSSR count). The van der Waals surface area contributed by atoms with Crippen LogP contribution in [0.25, 0.3) is 0 Å². The first kappa shape index (κ1) is 20.6. The van der Waals surface area contributed by atoms with E-state index in [9.17, 15) is 25.3 Å². The minimum Gasteiger partial charge on any atom is -0.264 e. The van der Waals surface area contributed by atoms with Crippen molar-refractivity contribution in [1.82, 2.24) is 9.71 Å². The fourth-order valence-corrected chi connectivity index (χ4v) is 7.80. The van der Waals surface area contributed by atoms with E-state index >= 15 is 0 Å². The molecule has 0 radical (unpaired) electrons. The predicted molar refractivity (Wildman–Crippen MR) is 104 cm³/mol. The molecular formula is C17H18N2O6S3. The summed E-state index contributed by atoms with van der Waals surface area (Å²) in [4.78, 5) is 3.70. The van der Waals surface area contributed by atoms with Crippen molar-refractivity contribution in [2.75, 3.05) is 18.1 Å². The first-order chi connectivity index (χ1) is 13.1. The summed E-state index contributed by atoms with van der Waals surface area (Å²) in [6, 6.07) is 10.8. The number of sulfone groups is 2. The lowest BCUT2D eigenvalue weighted by atomic mass is 10.2. The van der Waals surface area contributed by atoms with E-state index in [1.165, 1.54) is 24.5 Å². The summed E-state index contributed by atoms with van der Waals surface area (Å²) in [5.41, 5.74) is 0.321. The van der Waals surface area contributed by atoms with Gasteiger partial charge in [-0.2, -0.15) is 0 Å². The maximum absolute atomic E-state index is 13.1. The molecule has 2 heterocycles. The summed E-state index contributed by atoms with van der Waals surface area (Å²) < 4.78 is 76.5. The number of hydrogen-bond acceptors (Lipinski definition) is 7. The summed E-state index contributed by atoms with van der Waals surface area (Å²) in [6.07, 6.45) is 3.97. The molecule has 1 unspecified atom stereocenters. The summed E-state index contributed by atoms with van der Waals surface area (Å²) in [7, 11) is -11.5. The molecule has 1 aliphatic rings. The van der Waals surface area contributed by atoms with Gasteiger partial charge < -0.3 is 0 Å². The van der Waals surface area contributed by atoms with Crippen LogP contribution in [0, 0.1) is 0 Å². The highest BCUT2D eigenvalue weighted by atomic mass is 32.2. The lowest BCUT2D eigenvalue weighted by Gasteiger charge is -2.19. The third-order valence-electron chi connectivity index (χ3n) is 4.23. The summed E-state index contributed by atoms with van der Waals surface area (Å²) >= 11 is 0. The van der Waals surface area contributed by atoms with Crippen molar-refractivity contribution in [2.45, 2.75) is 10.1 Å². The molecule has 150 valence electrons. The first-order valence-corrected chi connectivity index (χ1v) is 13.0. The van der Waals surface area contributed by atoms with Gasteiger partial charge in [-0.3, -0.25) is 4.98 Å². The van der Waals surface area contributed by atoms with Gasteiger partial charge in [-0.1, -0.05) is 30.3 Å². The molecule has 11 heteroatoms. The minimum absolute atomic E-state index is 0.0470. The Morgan fingerprint density at radius 1 is 1.04 bits per heavy atom. The molecule has 0 fully saturated rings. The Morgan fingerprint density at radius 2 is 1.75 bits per heavy atom. The Kier molecular flexibility index (Phi) is 5.71. The van der Waals surface area contributed by atoms with E-state index in [-0.39, 0.29) is 15.6 Å². The molecule has 1 aromatic heterocycles. The van der Waals surface area contributed by atoms with Crippen LogP contribution in [0.5, 0.6) is 0 Å². The summed E-state index contributed by atoms with van der Waals surface area (Å²) in [6.45, 7) is -0.456. The van der Waals surface area contributed by atoms with Crippen LogP contribution in [0.1, 0.15) is 10.8 Å². The highest BCUT2D eigenvalue weighted by Crippen LogP contribution is 2.28. The van der Waals surface area contributed by atoms with Gasteiger partial charge in [0.2, 0.25) is 10.0 Å². The fourth-order valence-electron chi connectivity index (χ4n) is 2.77. The zero-order chi connectivity index (χ0) is 20.4. The fraction of sp³-hybridized carbons (Fsp3) is 0.235. The Morgan fingerprint density at radius 3 is 2.32 bits per heavy atom. The van der Waals surface area contributed by atoms with Crippen molar-refractivity contribution in [3.05, 3.63) is 71.4 Å². The Balaban J connectivity index is 1.92. The zero-order valence-electron chi connectivity index (χ0n) is 14.6. The van der Waals surface area contributed by atoms with Gasteiger partial charge in [-0.15, -0.1) is 0 Å². The molecule has 0 aliphatic carbocycles. The van der Waals surface area contributed by atoms with Gasteiger partial charge in [0.15, 0.2) is 19.7 Å². The van der Waals surface area contributed by atoms with Crippen molar-refractivity contribution < 1.29 is 25.3 Å². The topological polar surface area (TPSA) is 127 Å². The summed E-state index contributed by atoms with van der Waals surface area (Å²) in [5.74, 6) is -0.942. The van der Waals surface area contributed by atoms with Crippen molar-refractivity contribution in [3.63, 3.8) is 0 Å². The van der Waals surface area contributed by atoms with Crippen LogP contribution in [0.15, 0.2) is 70.7 Å². The van der Waals surface area contributed by atoms with Crippen molar-refractivity contribution in [1.29, 1.82) is 0 Å². The molecule has 0 spiro atoms. The lowest BCUT2D eigenvalue weighted by Crippen LogP contribution is -2.33. The molecule has 2 aromatic rings.